The minimum atomic E-state index is -5.05. The number of hydrogen-bond donors (Lipinski definition) is 1. The number of methoxy groups -OCH3 is 2. The third-order valence-corrected chi connectivity index (χ3v) is 4.78. The van der Waals surface area contributed by atoms with Crippen molar-refractivity contribution in [3.63, 3.8) is 0 Å². The smallest absolute Gasteiger partial charge is 0.416 e. The molecule has 2 aromatic carbocycles. The van der Waals surface area contributed by atoms with E-state index < -0.39 is 53.4 Å². The fourth-order valence-electron chi connectivity index (χ4n) is 2.96. The maximum Gasteiger partial charge on any atom is 0.416 e. The molecule has 180 valence electrons. The molecule has 0 bridgehead atoms. The summed E-state index contributed by atoms with van der Waals surface area (Å²) >= 11 is 6.03. The Morgan fingerprint density at radius 2 is 1.52 bits per heavy atom. The molecular formula is C21H18ClF6NO4. The Kier molecular flexibility index (Phi) is 8.23. The van der Waals surface area contributed by atoms with E-state index in [4.69, 9.17) is 16.3 Å². The van der Waals surface area contributed by atoms with Crippen LogP contribution in [0, 0.1) is 0 Å². The molecule has 0 aliphatic carbocycles. The molecule has 12 heteroatoms. The van der Waals surface area contributed by atoms with Gasteiger partial charge in [-0.2, -0.15) is 26.3 Å². The average Bonchev–Trinajstić information content (AvgIpc) is 2.71. The van der Waals surface area contributed by atoms with E-state index >= 15 is 0 Å². The Morgan fingerprint density at radius 3 is 1.97 bits per heavy atom. The number of halogens is 7. The third kappa shape index (κ3) is 7.28. The minimum absolute atomic E-state index is 0.0356. The van der Waals surface area contributed by atoms with E-state index in [1.54, 1.807) is 6.07 Å². The van der Waals surface area contributed by atoms with E-state index in [1.807, 2.05) is 0 Å². The van der Waals surface area contributed by atoms with Gasteiger partial charge in [0.2, 0.25) is 5.91 Å². The van der Waals surface area contributed by atoms with Gasteiger partial charge in [0.25, 0.3) is 0 Å². The van der Waals surface area contributed by atoms with Gasteiger partial charge in [-0.3, -0.25) is 4.79 Å². The third-order valence-electron chi connectivity index (χ3n) is 4.49. The lowest BCUT2D eigenvalue weighted by atomic mass is 10.0. The summed E-state index contributed by atoms with van der Waals surface area (Å²) in [6.45, 7) is 0. The van der Waals surface area contributed by atoms with Crippen molar-refractivity contribution >= 4 is 23.5 Å². The summed E-state index contributed by atoms with van der Waals surface area (Å²) < 4.78 is 87.7. The number of amides is 1. The van der Waals surface area contributed by atoms with Crippen molar-refractivity contribution in [2.24, 2.45) is 0 Å². The fraction of sp³-hybridized carbons (Fsp3) is 0.333. The molecule has 2 rings (SSSR count). The van der Waals surface area contributed by atoms with Crippen LogP contribution in [0.25, 0.3) is 0 Å². The van der Waals surface area contributed by atoms with Gasteiger partial charge >= 0.3 is 18.3 Å². The van der Waals surface area contributed by atoms with Gasteiger partial charge in [0.15, 0.2) is 0 Å². The number of esters is 1. The van der Waals surface area contributed by atoms with E-state index in [2.05, 4.69) is 10.1 Å². The first kappa shape index (κ1) is 26.3. The molecule has 0 fully saturated rings. The Balaban J connectivity index is 2.25. The SMILES string of the molecule is COC(=O)[C@H](Cc1ccc(OC)c(Cl)c1)NC(=O)Cc1cc(C(F)(F)F)cc(C(F)(F)F)c1. The van der Waals surface area contributed by atoms with E-state index in [0.717, 1.165) is 7.11 Å². The first-order valence-corrected chi connectivity index (χ1v) is 9.60. The maximum atomic E-state index is 13.0. The molecule has 2 aromatic rings. The summed E-state index contributed by atoms with van der Waals surface area (Å²) in [5.74, 6) is -1.48. The molecule has 0 radical (unpaired) electrons. The number of ether oxygens (including phenoxy) is 2. The molecule has 0 aromatic heterocycles. The highest BCUT2D eigenvalue weighted by molar-refractivity contribution is 6.32. The van der Waals surface area contributed by atoms with Gasteiger partial charge in [-0.1, -0.05) is 17.7 Å². The quantitative estimate of drug-likeness (QED) is 0.440. The highest BCUT2D eigenvalue weighted by Crippen LogP contribution is 2.36. The van der Waals surface area contributed by atoms with E-state index in [0.29, 0.717) is 23.4 Å². The van der Waals surface area contributed by atoms with Crippen LogP contribution >= 0.6 is 11.6 Å². The number of rotatable bonds is 7. The summed E-state index contributed by atoms with van der Waals surface area (Å²) in [4.78, 5) is 24.5. The highest BCUT2D eigenvalue weighted by Gasteiger charge is 2.37. The molecule has 0 spiro atoms. The van der Waals surface area contributed by atoms with Crippen LogP contribution < -0.4 is 10.1 Å². The van der Waals surface area contributed by atoms with Crippen LogP contribution in [-0.4, -0.2) is 32.1 Å². The normalized spacial score (nSPS) is 12.8. The molecule has 0 aliphatic rings. The summed E-state index contributed by atoms with van der Waals surface area (Å²) in [7, 11) is 2.46. The summed E-state index contributed by atoms with van der Waals surface area (Å²) in [6, 6.07) is 4.16. The standard InChI is InChI=1S/C21H18ClF6NO4/c1-32-17-4-3-11(7-15(17)22)8-16(19(31)33-2)29-18(30)9-12-5-13(20(23,24)25)10-14(6-12)21(26,27)28/h3-7,10,16H,8-9H2,1-2H3,(H,29,30)/t16-/m0/s1. The zero-order valence-corrected chi connectivity index (χ0v) is 18.0. The molecule has 0 heterocycles. The second-order valence-electron chi connectivity index (χ2n) is 6.91. The maximum absolute atomic E-state index is 13.0. The van der Waals surface area contributed by atoms with Crippen molar-refractivity contribution in [2.45, 2.75) is 31.2 Å². The van der Waals surface area contributed by atoms with Gasteiger partial charge in [0.1, 0.15) is 11.8 Å². The molecule has 1 atom stereocenters. The number of carbonyl (C=O) groups is 2. The summed E-state index contributed by atoms with van der Waals surface area (Å²) in [5, 5.41) is 2.51. The molecular weight excluding hydrogens is 480 g/mol. The largest absolute Gasteiger partial charge is 0.495 e. The van der Waals surface area contributed by atoms with Gasteiger partial charge in [0.05, 0.1) is 36.8 Å². The molecule has 0 saturated heterocycles. The Morgan fingerprint density at radius 1 is 0.939 bits per heavy atom. The lowest BCUT2D eigenvalue weighted by molar-refractivity contribution is -0.145. The van der Waals surface area contributed by atoms with Gasteiger partial charge in [-0.25, -0.2) is 4.79 Å². The number of nitrogens with one attached hydrogen (secondary N) is 1. The molecule has 0 aliphatic heterocycles. The van der Waals surface area contributed by atoms with Gasteiger partial charge < -0.3 is 14.8 Å². The first-order chi connectivity index (χ1) is 15.2. The van der Waals surface area contributed by atoms with Crippen LogP contribution in [0.2, 0.25) is 5.02 Å². The van der Waals surface area contributed by atoms with E-state index in [9.17, 15) is 35.9 Å². The monoisotopic (exact) mass is 497 g/mol. The predicted molar refractivity (Wildman–Crippen MR) is 106 cm³/mol. The molecule has 1 amide bonds. The van der Waals surface area contributed by atoms with E-state index in [-0.39, 0.29) is 17.5 Å². The number of hydrogen-bond acceptors (Lipinski definition) is 4. The van der Waals surface area contributed by atoms with Gasteiger partial charge in [0, 0.05) is 6.42 Å². The highest BCUT2D eigenvalue weighted by atomic mass is 35.5. The number of carbonyl (C=O) groups excluding carboxylic acids is 2. The second-order valence-corrected chi connectivity index (χ2v) is 7.31. The van der Waals surface area contributed by atoms with Crippen LogP contribution in [0.3, 0.4) is 0 Å². The number of alkyl halides is 6. The molecule has 0 saturated carbocycles. The zero-order valence-electron chi connectivity index (χ0n) is 17.2. The van der Waals surface area contributed by atoms with Gasteiger partial charge in [-0.05, 0) is 41.5 Å². The van der Waals surface area contributed by atoms with Crippen LogP contribution in [0.5, 0.6) is 5.75 Å². The lowest BCUT2D eigenvalue weighted by Gasteiger charge is -2.18. The van der Waals surface area contributed by atoms with Crippen LogP contribution in [-0.2, 0) is 39.5 Å². The van der Waals surface area contributed by atoms with Gasteiger partial charge in [-0.15, -0.1) is 0 Å². The van der Waals surface area contributed by atoms with Crippen molar-refractivity contribution < 1.29 is 45.4 Å². The van der Waals surface area contributed by atoms with Crippen LogP contribution in [0.15, 0.2) is 36.4 Å². The Labute approximate surface area is 189 Å². The average molecular weight is 498 g/mol. The van der Waals surface area contributed by atoms with E-state index in [1.165, 1.54) is 19.2 Å². The summed E-state index contributed by atoms with van der Waals surface area (Å²) in [6.07, 6.45) is -11.0. The van der Waals surface area contributed by atoms with Crippen molar-refractivity contribution in [1.82, 2.24) is 5.32 Å². The minimum Gasteiger partial charge on any atom is -0.495 e. The predicted octanol–water partition coefficient (Wildman–Crippen LogP) is 4.83. The van der Waals surface area contributed by atoms with Crippen molar-refractivity contribution in [3.05, 3.63) is 63.7 Å². The Bertz CT molecular complexity index is 991. The van der Waals surface area contributed by atoms with Crippen molar-refractivity contribution in [1.29, 1.82) is 0 Å². The molecule has 1 N–H and O–H groups in total. The van der Waals surface area contributed by atoms with Crippen molar-refractivity contribution in [2.75, 3.05) is 14.2 Å². The topological polar surface area (TPSA) is 64.6 Å². The Hall–Kier alpha value is -2.95. The summed E-state index contributed by atoms with van der Waals surface area (Å²) in [5.41, 5.74) is -3.12. The van der Waals surface area contributed by atoms with Crippen LogP contribution in [0.1, 0.15) is 22.3 Å². The lowest BCUT2D eigenvalue weighted by Crippen LogP contribution is -2.43. The first-order valence-electron chi connectivity index (χ1n) is 9.22. The number of benzene rings is 2. The second kappa shape index (κ2) is 10.3. The van der Waals surface area contributed by atoms with Crippen molar-refractivity contribution in [3.8, 4) is 5.75 Å². The zero-order chi connectivity index (χ0) is 25.0. The molecule has 5 nitrogen and oxygen atoms in total. The molecule has 0 unspecified atom stereocenters. The van der Waals surface area contributed by atoms with Crippen LogP contribution in [0.4, 0.5) is 26.3 Å². The molecule has 33 heavy (non-hydrogen) atoms. The fourth-order valence-corrected chi connectivity index (χ4v) is 3.24.